The van der Waals surface area contributed by atoms with Crippen LogP contribution in [0.2, 0.25) is 0 Å². The molecule has 9 heteroatoms. The van der Waals surface area contributed by atoms with Gasteiger partial charge in [-0.3, -0.25) is 0 Å². The van der Waals surface area contributed by atoms with E-state index in [1.54, 1.807) is 23.5 Å². The van der Waals surface area contributed by atoms with Crippen molar-refractivity contribution in [3.8, 4) is 16.8 Å². The zero-order valence-corrected chi connectivity index (χ0v) is 17.9. The number of thiazole rings is 1. The lowest BCUT2D eigenvalue weighted by Crippen LogP contribution is -3.00. The highest BCUT2D eigenvalue weighted by Gasteiger charge is 2.38. The van der Waals surface area contributed by atoms with Crippen molar-refractivity contribution in [1.29, 1.82) is 0 Å². The van der Waals surface area contributed by atoms with E-state index in [1.807, 2.05) is 23.1 Å². The molecule has 0 aliphatic heterocycles. The molecule has 1 aliphatic rings. The smallest absolute Gasteiger partial charge is 0.416 e. The van der Waals surface area contributed by atoms with E-state index in [2.05, 4.69) is 0 Å². The van der Waals surface area contributed by atoms with Gasteiger partial charge in [0, 0.05) is 12.0 Å². The molecule has 31 heavy (non-hydrogen) atoms. The Hall–Kier alpha value is -2.06. The summed E-state index contributed by atoms with van der Waals surface area (Å²) in [5.74, 6) is 0. The first-order valence-electron chi connectivity index (χ1n) is 9.46. The number of hydrogen-bond acceptors (Lipinski definition) is 1. The molecule has 4 rings (SSSR count). The minimum absolute atomic E-state index is 0. The highest BCUT2D eigenvalue weighted by molar-refractivity contribution is 7.09. The summed E-state index contributed by atoms with van der Waals surface area (Å²) >= 11 is 1.58. The van der Waals surface area contributed by atoms with Crippen molar-refractivity contribution in [1.82, 2.24) is 0 Å². The highest BCUT2D eigenvalue weighted by Crippen LogP contribution is 2.40. The molecule has 0 amide bonds. The van der Waals surface area contributed by atoms with E-state index in [0.717, 1.165) is 49.1 Å². The molecule has 0 atom stereocenters. The van der Waals surface area contributed by atoms with Gasteiger partial charge in [-0.05, 0) is 56.0 Å². The van der Waals surface area contributed by atoms with E-state index in [-0.39, 0.29) is 24.0 Å². The maximum absolute atomic E-state index is 13.4. The number of para-hydroxylation sites is 1. The van der Waals surface area contributed by atoms with E-state index >= 15 is 0 Å². The first-order valence-corrected chi connectivity index (χ1v) is 10.3. The monoisotopic (exact) mass is 477 g/mol. The van der Waals surface area contributed by atoms with Crippen molar-refractivity contribution < 1.29 is 43.3 Å². The Balaban J connectivity index is 0.00000272. The van der Waals surface area contributed by atoms with Crippen LogP contribution < -0.4 is 17.0 Å². The summed E-state index contributed by atoms with van der Waals surface area (Å²) in [6, 6.07) is 6.81. The van der Waals surface area contributed by atoms with E-state index in [1.165, 1.54) is 4.88 Å². The van der Waals surface area contributed by atoms with Crippen molar-refractivity contribution in [2.24, 2.45) is 0 Å². The lowest BCUT2D eigenvalue weighted by atomic mass is 9.95. The zero-order valence-electron chi connectivity index (χ0n) is 16.4. The molecule has 0 bridgehead atoms. The molecule has 1 aliphatic carbocycles. The number of halogens is 7. The first kappa shape index (κ1) is 23.6. The van der Waals surface area contributed by atoms with Crippen LogP contribution in [0, 0.1) is 6.92 Å². The molecule has 166 valence electrons. The minimum Gasteiger partial charge on any atom is -1.00 e. The number of benzene rings is 2. The van der Waals surface area contributed by atoms with Crippen LogP contribution in [0.5, 0.6) is 0 Å². The molecule has 0 radical (unpaired) electrons. The fourth-order valence-corrected chi connectivity index (χ4v) is 5.00. The Kier molecular flexibility index (Phi) is 6.45. The molecule has 1 aromatic heterocycles. The second-order valence-electron chi connectivity index (χ2n) is 7.44. The van der Waals surface area contributed by atoms with Gasteiger partial charge in [-0.15, -0.1) is 0 Å². The zero-order chi connectivity index (χ0) is 21.7. The molecule has 0 unspecified atom stereocenters. The normalized spacial score (nSPS) is 14.2. The lowest BCUT2D eigenvalue weighted by Gasteiger charge is -2.16. The van der Waals surface area contributed by atoms with E-state index in [0.29, 0.717) is 11.3 Å². The van der Waals surface area contributed by atoms with Gasteiger partial charge in [-0.2, -0.15) is 30.9 Å². The van der Waals surface area contributed by atoms with Crippen LogP contribution >= 0.6 is 11.3 Å². The summed E-state index contributed by atoms with van der Waals surface area (Å²) in [6.45, 7) is 1.82. The van der Waals surface area contributed by atoms with Gasteiger partial charge in [0.25, 0.3) is 0 Å². The number of hydrogen-bond donors (Lipinski definition) is 0. The number of alkyl halides is 6. The summed E-state index contributed by atoms with van der Waals surface area (Å²) in [5.41, 5.74) is 2.04. The van der Waals surface area contributed by atoms with Gasteiger partial charge < -0.3 is 12.4 Å². The average Bonchev–Trinajstić information content (AvgIpc) is 3.10. The summed E-state index contributed by atoms with van der Waals surface area (Å²) < 4.78 is 82.1. The van der Waals surface area contributed by atoms with Crippen LogP contribution in [0.4, 0.5) is 26.3 Å². The summed E-state index contributed by atoms with van der Waals surface area (Å²) in [5, 5.41) is 0. The SMILES string of the molecule is Cc1cccc(-c2cc(C(F)(F)F)cc(C(F)(F)F)c2)c1-[n+]1csc2c1CCCC2.[Cl-]. The topological polar surface area (TPSA) is 3.88 Å². The molecule has 0 N–H and O–H groups in total. The Morgan fingerprint density at radius 2 is 1.48 bits per heavy atom. The highest BCUT2D eigenvalue weighted by atomic mass is 35.5. The van der Waals surface area contributed by atoms with Gasteiger partial charge in [0.15, 0.2) is 0 Å². The van der Waals surface area contributed by atoms with Crippen LogP contribution in [-0.2, 0) is 25.2 Å². The van der Waals surface area contributed by atoms with Gasteiger partial charge in [0.05, 0.1) is 21.6 Å². The van der Waals surface area contributed by atoms with Gasteiger partial charge >= 0.3 is 12.4 Å². The lowest BCUT2D eigenvalue weighted by molar-refractivity contribution is -0.599. The van der Waals surface area contributed by atoms with Gasteiger partial charge in [0.1, 0.15) is 0 Å². The Morgan fingerprint density at radius 1 is 0.871 bits per heavy atom. The molecular formula is C22H18ClF6NS. The fourth-order valence-electron chi connectivity index (χ4n) is 3.93. The predicted molar refractivity (Wildman–Crippen MR) is 103 cm³/mol. The maximum Gasteiger partial charge on any atom is 0.416 e. The van der Waals surface area contributed by atoms with Crippen molar-refractivity contribution in [2.75, 3.05) is 0 Å². The predicted octanol–water partition coefficient (Wildman–Crippen LogP) is 3.92. The second-order valence-corrected chi connectivity index (χ2v) is 8.38. The van der Waals surface area contributed by atoms with Crippen molar-refractivity contribution in [3.63, 3.8) is 0 Å². The summed E-state index contributed by atoms with van der Waals surface area (Å²) in [7, 11) is 0. The van der Waals surface area contributed by atoms with Gasteiger partial charge in [0.2, 0.25) is 16.9 Å². The summed E-state index contributed by atoms with van der Waals surface area (Å²) in [4.78, 5) is 1.22. The third kappa shape index (κ3) is 4.60. The van der Waals surface area contributed by atoms with E-state index < -0.39 is 23.5 Å². The Morgan fingerprint density at radius 3 is 2.10 bits per heavy atom. The van der Waals surface area contributed by atoms with Crippen molar-refractivity contribution in [2.45, 2.75) is 45.0 Å². The molecule has 0 spiro atoms. The molecule has 0 fully saturated rings. The largest absolute Gasteiger partial charge is 1.00 e. The Labute approximate surface area is 185 Å². The van der Waals surface area contributed by atoms with Crippen LogP contribution in [0.3, 0.4) is 0 Å². The van der Waals surface area contributed by atoms with Crippen LogP contribution in [0.15, 0.2) is 41.9 Å². The quantitative estimate of drug-likeness (QED) is 0.389. The van der Waals surface area contributed by atoms with Crippen molar-refractivity contribution >= 4 is 11.3 Å². The van der Waals surface area contributed by atoms with E-state index in [4.69, 9.17) is 0 Å². The first-order chi connectivity index (χ1) is 14.1. The average molecular weight is 478 g/mol. The molecule has 0 saturated heterocycles. The standard InChI is InChI=1S/C22H18F6NS.ClH/c1-13-5-4-6-17(20(13)29-12-30-19-8-3-2-7-18(19)29)14-9-15(21(23,24)25)11-16(10-14)22(26,27)28;/h4-6,9-12H,2-3,7-8H2,1H3;1H/q+1;/p-1. The van der Waals surface area contributed by atoms with Crippen LogP contribution in [0.25, 0.3) is 16.8 Å². The summed E-state index contributed by atoms with van der Waals surface area (Å²) in [6.07, 6.45) is -5.90. The number of nitrogens with zero attached hydrogens (tertiary/aromatic N) is 1. The van der Waals surface area contributed by atoms with Crippen molar-refractivity contribution in [3.05, 3.63) is 69.2 Å². The minimum atomic E-state index is -4.88. The number of aryl methyl sites for hydroxylation is 2. The number of rotatable bonds is 2. The second kappa shape index (κ2) is 8.47. The number of aromatic nitrogens is 1. The Bertz CT molecular complexity index is 1070. The van der Waals surface area contributed by atoms with Gasteiger partial charge in [-0.1, -0.05) is 23.5 Å². The fraction of sp³-hybridized carbons (Fsp3) is 0.318. The number of fused-ring (bicyclic) bond motifs is 1. The molecule has 1 heterocycles. The molecule has 1 nitrogen and oxygen atoms in total. The third-order valence-corrected chi connectivity index (χ3v) is 6.40. The van der Waals surface area contributed by atoms with E-state index in [9.17, 15) is 26.3 Å². The van der Waals surface area contributed by atoms with Crippen LogP contribution in [0.1, 0.15) is 40.1 Å². The van der Waals surface area contributed by atoms with Crippen LogP contribution in [-0.4, -0.2) is 0 Å². The third-order valence-electron chi connectivity index (χ3n) is 5.36. The molecule has 0 saturated carbocycles. The maximum atomic E-state index is 13.4. The molecular weight excluding hydrogens is 460 g/mol. The van der Waals surface area contributed by atoms with Gasteiger partial charge in [-0.25, -0.2) is 0 Å². The molecule has 3 aromatic rings. The molecule has 2 aromatic carbocycles.